The lowest BCUT2D eigenvalue weighted by Crippen LogP contribution is -2.18. The molecular weight excluding hydrogens is 234 g/mol. The van der Waals surface area contributed by atoms with Gasteiger partial charge in [-0.3, -0.25) is 0 Å². The maximum Gasteiger partial charge on any atom is 0.259 e. The first-order valence-corrected chi connectivity index (χ1v) is 5.75. The summed E-state index contributed by atoms with van der Waals surface area (Å²) >= 11 is 0. The molecule has 7 heteroatoms. The minimum Gasteiger partial charge on any atom is -0.379 e. The van der Waals surface area contributed by atoms with Gasteiger partial charge in [-0.15, -0.1) is 0 Å². The molecule has 0 radical (unpaired) electrons. The van der Waals surface area contributed by atoms with Gasteiger partial charge in [-0.05, 0) is 12.5 Å². The van der Waals surface area contributed by atoms with E-state index in [0.717, 1.165) is 6.42 Å². The van der Waals surface area contributed by atoms with Gasteiger partial charge in [0.1, 0.15) is 0 Å². The Balaban J connectivity index is 2.02. The van der Waals surface area contributed by atoms with Crippen LogP contribution in [-0.4, -0.2) is 33.6 Å². The van der Waals surface area contributed by atoms with Crippen molar-refractivity contribution in [2.75, 3.05) is 13.2 Å². The third kappa shape index (κ3) is 3.08. The Labute approximate surface area is 104 Å². The van der Waals surface area contributed by atoms with Crippen LogP contribution in [0, 0.1) is 0 Å². The van der Waals surface area contributed by atoms with Crippen molar-refractivity contribution < 1.29 is 9.26 Å². The van der Waals surface area contributed by atoms with Crippen LogP contribution in [0.4, 0.5) is 0 Å². The molecule has 2 heterocycles. The number of nitrogens with zero attached hydrogens (tertiary/aromatic N) is 4. The Morgan fingerprint density at radius 1 is 1.44 bits per heavy atom. The summed E-state index contributed by atoms with van der Waals surface area (Å²) in [5, 5.41) is 11.3. The molecule has 2 rings (SSSR count). The molecule has 0 aromatic carbocycles. The number of rotatable bonds is 6. The summed E-state index contributed by atoms with van der Waals surface area (Å²) in [7, 11) is 0. The highest BCUT2D eigenvalue weighted by molar-refractivity contribution is 5.49. The SMILES string of the molecule is CCCOCC(N)c1noc(-c2ccnnc2)n1. The fourth-order valence-corrected chi connectivity index (χ4v) is 1.35. The monoisotopic (exact) mass is 249 g/mol. The van der Waals surface area contributed by atoms with Gasteiger partial charge in [0.05, 0.1) is 30.6 Å². The first-order chi connectivity index (χ1) is 8.81. The molecule has 96 valence electrons. The van der Waals surface area contributed by atoms with Crippen molar-refractivity contribution in [3.05, 3.63) is 24.3 Å². The van der Waals surface area contributed by atoms with Gasteiger partial charge in [-0.2, -0.15) is 15.2 Å². The molecule has 2 aromatic heterocycles. The van der Waals surface area contributed by atoms with Crippen LogP contribution < -0.4 is 5.73 Å². The molecule has 0 fully saturated rings. The van der Waals surface area contributed by atoms with Gasteiger partial charge in [-0.25, -0.2) is 0 Å². The maximum atomic E-state index is 5.89. The van der Waals surface area contributed by atoms with Crippen molar-refractivity contribution in [2.24, 2.45) is 5.73 Å². The van der Waals surface area contributed by atoms with Crippen LogP contribution in [0.2, 0.25) is 0 Å². The lowest BCUT2D eigenvalue weighted by atomic mass is 10.3. The third-order valence-electron chi connectivity index (χ3n) is 2.25. The molecule has 0 aliphatic carbocycles. The van der Waals surface area contributed by atoms with E-state index < -0.39 is 0 Å². The smallest absolute Gasteiger partial charge is 0.259 e. The molecular formula is C11H15N5O2. The Morgan fingerprint density at radius 3 is 3.06 bits per heavy atom. The minimum absolute atomic E-state index is 0.376. The fraction of sp³-hybridized carbons (Fsp3) is 0.455. The van der Waals surface area contributed by atoms with Gasteiger partial charge >= 0.3 is 0 Å². The highest BCUT2D eigenvalue weighted by Crippen LogP contribution is 2.16. The van der Waals surface area contributed by atoms with Gasteiger partial charge in [-0.1, -0.05) is 12.1 Å². The van der Waals surface area contributed by atoms with Crippen LogP contribution in [0.3, 0.4) is 0 Å². The molecule has 1 atom stereocenters. The van der Waals surface area contributed by atoms with Gasteiger partial charge in [0, 0.05) is 6.61 Å². The summed E-state index contributed by atoms with van der Waals surface area (Å²) < 4.78 is 10.5. The second-order valence-electron chi connectivity index (χ2n) is 3.77. The van der Waals surface area contributed by atoms with Crippen molar-refractivity contribution in [1.29, 1.82) is 0 Å². The first kappa shape index (κ1) is 12.6. The molecule has 0 aliphatic heterocycles. The molecule has 7 nitrogen and oxygen atoms in total. The van der Waals surface area contributed by atoms with Crippen molar-refractivity contribution in [3.8, 4) is 11.5 Å². The highest BCUT2D eigenvalue weighted by atomic mass is 16.5. The molecule has 0 amide bonds. The standard InChI is InChI=1S/C11H15N5O2/c1-2-5-17-7-9(12)10-15-11(18-16-10)8-3-4-13-14-6-8/h3-4,6,9H,2,5,7,12H2,1H3. The van der Waals surface area contributed by atoms with Gasteiger partial charge in [0.2, 0.25) is 0 Å². The molecule has 0 bridgehead atoms. The average Bonchev–Trinajstić information content (AvgIpc) is 2.89. The number of nitrogens with two attached hydrogens (primary N) is 1. The van der Waals surface area contributed by atoms with E-state index in [2.05, 4.69) is 20.3 Å². The normalized spacial score (nSPS) is 12.6. The van der Waals surface area contributed by atoms with E-state index in [1.54, 1.807) is 18.5 Å². The molecule has 0 saturated heterocycles. The first-order valence-electron chi connectivity index (χ1n) is 5.75. The van der Waals surface area contributed by atoms with Crippen LogP contribution in [0.15, 0.2) is 23.0 Å². The molecule has 2 N–H and O–H groups in total. The zero-order valence-corrected chi connectivity index (χ0v) is 10.1. The second-order valence-corrected chi connectivity index (χ2v) is 3.77. The van der Waals surface area contributed by atoms with Crippen LogP contribution in [0.1, 0.15) is 25.2 Å². The lowest BCUT2D eigenvalue weighted by Gasteiger charge is -2.06. The van der Waals surface area contributed by atoms with E-state index >= 15 is 0 Å². The molecule has 0 saturated carbocycles. The molecule has 0 aliphatic rings. The van der Waals surface area contributed by atoms with E-state index in [4.69, 9.17) is 15.0 Å². The van der Waals surface area contributed by atoms with Crippen molar-refractivity contribution in [1.82, 2.24) is 20.3 Å². The quantitative estimate of drug-likeness (QED) is 0.761. The van der Waals surface area contributed by atoms with Gasteiger partial charge < -0.3 is 15.0 Å². The number of ether oxygens (including phenoxy) is 1. The topological polar surface area (TPSA) is 100.0 Å². The average molecular weight is 249 g/mol. The van der Waals surface area contributed by atoms with Crippen LogP contribution in [0.25, 0.3) is 11.5 Å². The highest BCUT2D eigenvalue weighted by Gasteiger charge is 2.15. The van der Waals surface area contributed by atoms with E-state index in [9.17, 15) is 0 Å². The van der Waals surface area contributed by atoms with Crippen molar-refractivity contribution in [3.63, 3.8) is 0 Å². The summed E-state index contributed by atoms with van der Waals surface area (Å²) in [5.74, 6) is 0.809. The Morgan fingerprint density at radius 2 is 2.33 bits per heavy atom. The summed E-state index contributed by atoms with van der Waals surface area (Å²) in [6.07, 6.45) is 4.06. The fourth-order valence-electron chi connectivity index (χ4n) is 1.35. The molecule has 18 heavy (non-hydrogen) atoms. The summed E-state index contributed by atoms with van der Waals surface area (Å²) in [6, 6.07) is 1.35. The van der Waals surface area contributed by atoms with Crippen molar-refractivity contribution >= 4 is 0 Å². The number of hydrogen-bond donors (Lipinski definition) is 1. The summed E-state index contributed by atoms with van der Waals surface area (Å²) in [5.41, 5.74) is 6.60. The molecule has 1 unspecified atom stereocenters. The predicted octanol–water partition coefficient (Wildman–Crippen LogP) is 0.953. The second kappa shape index (κ2) is 6.18. The van der Waals surface area contributed by atoms with Crippen LogP contribution in [0.5, 0.6) is 0 Å². The van der Waals surface area contributed by atoms with E-state index in [0.29, 0.717) is 30.5 Å². The zero-order valence-electron chi connectivity index (χ0n) is 10.1. The zero-order chi connectivity index (χ0) is 12.8. The summed E-state index contributed by atoms with van der Waals surface area (Å²) in [4.78, 5) is 4.21. The molecule has 2 aromatic rings. The van der Waals surface area contributed by atoms with E-state index in [1.165, 1.54) is 0 Å². The Bertz CT molecular complexity index is 473. The van der Waals surface area contributed by atoms with Crippen LogP contribution in [-0.2, 0) is 4.74 Å². The number of hydrogen-bond acceptors (Lipinski definition) is 7. The summed E-state index contributed by atoms with van der Waals surface area (Å²) in [6.45, 7) is 3.09. The third-order valence-corrected chi connectivity index (χ3v) is 2.25. The van der Waals surface area contributed by atoms with E-state index in [-0.39, 0.29) is 6.04 Å². The van der Waals surface area contributed by atoms with Gasteiger partial charge in [0.15, 0.2) is 5.82 Å². The minimum atomic E-state index is -0.385. The molecule has 0 spiro atoms. The maximum absolute atomic E-state index is 5.89. The van der Waals surface area contributed by atoms with Crippen molar-refractivity contribution in [2.45, 2.75) is 19.4 Å². The Kier molecular flexibility index (Phi) is 4.32. The lowest BCUT2D eigenvalue weighted by molar-refractivity contribution is 0.119. The van der Waals surface area contributed by atoms with Crippen LogP contribution >= 0.6 is 0 Å². The predicted molar refractivity (Wildman–Crippen MR) is 63.4 cm³/mol. The Hall–Kier alpha value is -1.86. The number of aromatic nitrogens is 4. The van der Waals surface area contributed by atoms with E-state index in [1.807, 2.05) is 6.92 Å². The largest absolute Gasteiger partial charge is 0.379 e. The van der Waals surface area contributed by atoms with Gasteiger partial charge in [0.25, 0.3) is 5.89 Å².